The molecule has 2 aliphatic heterocycles. The van der Waals surface area contributed by atoms with E-state index in [0.717, 1.165) is 6.07 Å². The lowest BCUT2D eigenvalue weighted by atomic mass is 10.1. The van der Waals surface area contributed by atoms with Crippen molar-refractivity contribution in [2.24, 2.45) is 0 Å². The van der Waals surface area contributed by atoms with Crippen molar-refractivity contribution in [1.29, 1.82) is 0 Å². The van der Waals surface area contributed by atoms with Gasteiger partial charge in [0.2, 0.25) is 10.0 Å². The van der Waals surface area contributed by atoms with Crippen LogP contribution in [-0.4, -0.2) is 37.9 Å². The Morgan fingerprint density at radius 2 is 1.83 bits per heavy atom. The first-order valence-corrected chi connectivity index (χ1v) is 8.76. The number of hydrogen-bond donors (Lipinski definition) is 1. The predicted molar refractivity (Wildman–Crippen MR) is 74.7 cm³/mol. The van der Waals surface area contributed by atoms with Crippen LogP contribution < -0.4 is 5.32 Å². The molecular weight excluding hydrogens is 336 g/mol. The van der Waals surface area contributed by atoms with Crippen LogP contribution in [0.5, 0.6) is 0 Å². The lowest BCUT2D eigenvalue weighted by Gasteiger charge is -2.27. The summed E-state index contributed by atoms with van der Waals surface area (Å²) in [6.45, 7) is 1.15. The summed E-state index contributed by atoms with van der Waals surface area (Å²) in [5, 5.41) is 3.13. The van der Waals surface area contributed by atoms with Gasteiger partial charge in [-0.3, -0.25) is 0 Å². The van der Waals surface area contributed by atoms with Crippen LogP contribution in [0.15, 0.2) is 23.1 Å². The molecule has 2 atom stereocenters. The summed E-state index contributed by atoms with van der Waals surface area (Å²) in [7, 11) is -4.09. The van der Waals surface area contributed by atoms with Gasteiger partial charge in [0.15, 0.2) is 0 Å². The molecule has 2 saturated heterocycles. The Labute approximate surface area is 131 Å². The van der Waals surface area contributed by atoms with Gasteiger partial charge in [0, 0.05) is 18.6 Å². The summed E-state index contributed by atoms with van der Waals surface area (Å²) in [6, 6.07) is 1.36. The Morgan fingerprint density at radius 1 is 1.13 bits per heavy atom. The maximum absolute atomic E-state index is 13.4. The average molecular weight is 352 g/mol. The van der Waals surface area contributed by atoms with Gasteiger partial charge in [-0.15, -0.1) is 0 Å². The molecule has 1 aromatic carbocycles. The molecule has 2 aliphatic rings. The molecule has 2 unspecified atom stereocenters. The van der Waals surface area contributed by atoms with Crippen molar-refractivity contribution in [2.45, 2.75) is 42.4 Å². The number of rotatable bonds is 2. The molecule has 1 N–H and O–H groups in total. The van der Waals surface area contributed by atoms with E-state index < -0.39 is 32.5 Å². The first kappa shape index (κ1) is 16.7. The van der Waals surface area contributed by atoms with Crippen molar-refractivity contribution in [3.05, 3.63) is 29.6 Å². The molecule has 23 heavy (non-hydrogen) atoms. The Hall–Kier alpha value is -1.19. The molecular formula is C14H16F4N2O2S. The lowest BCUT2D eigenvalue weighted by molar-refractivity contribution is -0.140. The third-order valence-corrected chi connectivity index (χ3v) is 6.41. The van der Waals surface area contributed by atoms with Gasteiger partial charge in [0.05, 0.1) is 10.5 Å². The number of benzene rings is 1. The quantitative estimate of drug-likeness (QED) is 0.832. The first-order chi connectivity index (χ1) is 10.7. The second-order valence-corrected chi connectivity index (χ2v) is 7.70. The van der Waals surface area contributed by atoms with E-state index in [1.165, 1.54) is 4.31 Å². The van der Waals surface area contributed by atoms with Crippen LogP contribution in [-0.2, 0) is 16.2 Å². The second kappa shape index (κ2) is 5.71. The van der Waals surface area contributed by atoms with Crippen molar-refractivity contribution in [2.75, 3.05) is 13.1 Å². The summed E-state index contributed by atoms with van der Waals surface area (Å²) in [5.41, 5.74) is -1.56. The van der Waals surface area contributed by atoms with Crippen LogP contribution in [0.2, 0.25) is 0 Å². The highest BCUT2D eigenvalue weighted by atomic mass is 32.2. The largest absolute Gasteiger partial charge is 0.419 e. The minimum atomic E-state index is -4.94. The van der Waals surface area contributed by atoms with Crippen molar-refractivity contribution >= 4 is 10.0 Å². The zero-order valence-corrected chi connectivity index (χ0v) is 12.9. The summed E-state index contributed by atoms with van der Waals surface area (Å²) in [6.07, 6.45) is -2.96. The lowest BCUT2D eigenvalue weighted by Crippen LogP contribution is -2.42. The monoisotopic (exact) mass is 352 g/mol. The van der Waals surface area contributed by atoms with Gasteiger partial charge in [-0.2, -0.15) is 17.5 Å². The molecule has 0 saturated carbocycles. The Balaban J connectivity index is 2.03. The van der Waals surface area contributed by atoms with Crippen molar-refractivity contribution in [3.63, 3.8) is 0 Å². The normalized spacial score (nSPS) is 26.3. The van der Waals surface area contributed by atoms with Crippen molar-refractivity contribution in [3.8, 4) is 0 Å². The Morgan fingerprint density at radius 3 is 2.52 bits per heavy atom. The van der Waals surface area contributed by atoms with Crippen LogP contribution in [0, 0.1) is 5.82 Å². The predicted octanol–water partition coefficient (Wildman–Crippen LogP) is 2.36. The van der Waals surface area contributed by atoms with Crippen LogP contribution in [0.3, 0.4) is 0 Å². The summed E-state index contributed by atoms with van der Waals surface area (Å²) in [4.78, 5) is -0.509. The Bertz CT molecular complexity index is 691. The number of halogens is 4. The minimum absolute atomic E-state index is 0.223. The fourth-order valence-corrected chi connectivity index (χ4v) is 5.26. The van der Waals surface area contributed by atoms with Gasteiger partial charge >= 0.3 is 6.18 Å². The van der Waals surface area contributed by atoms with E-state index in [-0.39, 0.29) is 12.1 Å². The van der Waals surface area contributed by atoms with E-state index in [1.54, 1.807) is 0 Å². The molecule has 0 aliphatic carbocycles. The summed E-state index contributed by atoms with van der Waals surface area (Å²) >= 11 is 0. The van der Waals surface area contributed by atoms with E-state index in [9.17, 15) is 26.0 Å². The highest BCUT2D eigenvalue weighted by Crippen LogP contribution is 2.37. The molecule has 4 nitrogen and oxygen atoms in total. The highest BCUT2D eigenvalue weighted by Gasteiger charge is 2.44. The van der Waals surface area contributed by atoms with Gasteiger partial charge in [-0.05, 0) is 44.0 Å². The topological polar surface area (TPSA) is 49.4 Å². The van der Waals surface area contributed by atoms with Gasteiger partial charge in [-0.25, -0.2) is 12.8 Å². The molecule has 3 rings (SSSR count). The molecule has 1 aromatic rings. The van der Waals surface area contributed by atoms with Gasteiger partial charge < -0.3 is 5.32 Å². The third-order valence-electron chi connectivity index (χ3n) is 4.41. The zero-order chi connectivity index (χ0) is 16.8. The molecule has 2 heterocycles. The van der Waals surface area contributed by atoms with Gasteiger partial charge in [-0.1, -0.05) is 0 Å². The highest BCUT2D eigenvalue weighted by molar-refractivity contribution is 7.89. The van der Waals surface area contributed by atoms with Crippen LogP contribution >= 0.6 is 0 Å². The molecule has 2 fully saturated rings. The Kier molecular flexibility index (Phi) is 4.14. The maximum Gasteiger partial charge on any atom is 0.419 e. The summed E-state index contributed by atoms with van der Waals surface area (Å²) < 4.78 is 78.8. The fraction of sp³-hybridized carbons (Fsp3) is 0.571. The van der Waals surface area contributed by atoms with Crippen LogP contribution in [0.1, 0.15) is 24.8 Å². The second-order valence-electron chi connectivity index (χ2n) is 5.85. The fourth-order valence-electron chi connectivity index (χ4n) is 3.33. The number of sulfonamides is 1. The smallest absolute Gasteiger partial charge is 0.315 e. The number of alkyl halides is 3. The average Bonchev–Trinajstić information content (AvgIpc) is 2.71. The van der Waals surface area contributed by atoms with E-state index in [2.05, 4.69) is 5.32 Å². The molecule has 0 amide bonds. The standard InChI is InChI=1S/C14H16F4N2O2S/c15-13-4-3-11(7-12(13)14(16,17)18)23(21,22)20-9-1-2-10(20)8-19-6-5-9/h3-4,7,9-10,19H,1-2,5-6,8H2. The molecule has 0 radical (unpaired) electrons. The maximum atomic E-state index is 13.4. The number of hydrogen-bond acceptors (Lipinski definition) is 3. The van der Waals surface area contributed by atoms with E-state index >= 15 is 0 Å². The first-order valence-electron chi connectivity index (χ1n) is 7.32. The van der Waals surface area contributed by atoms with E-state index in [1.807, 2.05) is 0 Å². The van der Waals surface area contributed by atoms with Gasteiger partial charge in [0.1, 0.15) is 5.82 Å². The molecule has 128 valence electrons. The van der Waals surface area contributed by atoms with Crippen molar-refractivity contribution in [1.82, 2.24) is 9.62 Å². The molecule has 2 bridgehead atoms. The number of nitrogens with one attached hydrogen (secondary N) is 1. The number of nitrogens with zero attached hydrogens (tertiary/aromatic N) is 1. The number of fused-ring (bicyclic) bond motifs is 2. The van der Waals surface area contributed by atoms with Crippen LogP contribution in [0.25, 0.3) is 0 Å². The van der Waals surface area contributed by atoms with Crippen LogP contribution in [0.4, 0.5) is 17.6 Å². The van der Waals surface area contributed by atoms with E-state index in [0.29, 0.717) is 44.5 Å². The van der Waals surface area contributed by atoms with E-state index in [4.69, 9.17) is 0 Å². The molecule has 0 spiro atoms. The van der Waals surface area contributed by atoms with Crippen molar-refractivity contribution < 1.29 is 26.0 Å². The minimum Gasteiger partial charge on any atom is -0.315 e. The van der Waals surface area contributed by atoms with Gasteiger partial charge in [0.25, 0.3) is 0 Å². The summed E-state index contributed by atoms with van der Waals surface area (Å²) in [5.74, 6) is -1.48. The molecule has 0 aromatic heterocycles. The SMILES string of the molecule is O=S(=O)(c1ccc(F)c(C(F)(F)F)c1)N1C2CCNCC1CC2. The third kappa shape index (κ3) is 2.97. The zero-order valence-electron chi connectivity index (χ0n) is 12.1. The molecule has 9 heteroatoms.